The second-order valence-electron chi connectivity index (χ2n) is 5.14. The summed E-state index contributed by atoms with van der Waals surface area (Å²) in [7, 11) is 0. The van der Waals surface area contributed by atoms with Crippen molar-refractivity contribution < 1.29 is 9.18 Å². The molecule has 1 heterocycles. The van der Waals surface area contributed by atoms with Crippen LogP contribution < -0.4 is 5.32 Å². The van der Waals surface area contributed by atoms with Gasteiger partial charge < -0.3 is 10.2 Å². The fourth-order valence-corrected chi connectivity index (χ4v) is 2.93. The minimum absolute atomic E-state index is 0. The van der Waals surface area contributed by atoms with Crippen molar-refractivity contribution in [1.82, 2.24) is 10.2 Å². The van der Waals surface area contributed by atoms with Crippen molar-refractivity contribution in [3.05, 3.63) is 34.1 Å². The Kier molecular flexibility index (Phi) is 7.63. The SMILES string of the molecule is CCN(Cc1cc(Br)ccc1F)C(=O)CC1CCCN1.Cl. The molecule has 1 aliphatic rings. The van der Waals surface area contributed by atoms with E-state index in [9.17, 15) is 9.18 Å². The molecule has 0 aromatic heterocycles. The van der Waals surface area contributed by atoms with Gasteiger partial charge in [0.15, 0.2) is 0 Å². The number of carbonyl (C=O) groups is 1. The van der Waals surface area contributed by atoms with E-state index < -0.39 is 0 Å². The van der Waals surface area contributed by atoms with Gasteiger partial charge in [0.25, 0.3) is 0 Å². The number of carbonyl (C=O) groups excluding carboxylic acids is 1. The number of benzene rings is 1. The Bertz CT molecular complexity index is 481. The van der Waals surface area contributed by atoms with E-state index in [1.807, 2.05) is 6.92 Å². The van der Waals surface area contributed by atoms with Gasteiger partial charge in [-0.2, -0.15) is 0 Å². The average Bonchev–Trinajstić information content (AvgIpc) is 2.92. The summed E-state index contributed by atoms with van der Waals surface area (Å²) in [6, 6.07) is 5.11. The molecule has 1 amide bonds. The Hall–Kier alpha value is -0.650. The zero-order valence-corrected chi connectivity index (χ0v) is 14.5. The first-order valence-corrected chi connectivity index (χ1v) is 7.84. The maximum atomic E-state index is 13.8. The lowest BCUT2D eigenvalue weighted by molar-refractivity contribution is -0.132. The Morgan fingerprint density at radius 1 is 1.52 bits per heavy atom. The third kappa shape index (κ3) is 5.24. The van der Waals surface area contributed by atoms with Gasteiger partial charge >= 0.3 is 0 Å². The fraction of sp³-hybridized carbons (Fsp3) is 0.533. The lowest BCUT2D eigenvalue weighted by Gasteiger charge is -2.23. The van der Waals surface area contributed by atoms with Gasteiger partial charge in [-0.05, 0) is 44.5 Å². The summed E-state index contributed by atoms with van der Waals surface area (Å²) in [5.41, 5.74) is 0.550. The van der Waals surface area contributed by atoms with Gasteiger partial charge in [-0.1, -0.05) is 15.9 Å². The quantitative estimate of drug-likeness (QED) is 0.849. The molecule has 21 heavy (non-hydrogen) atoms. The fourth-order valence-electron chi connectivity index (χ4n) is 2.52. The molecule has 3 nitrogen and oxygen atoms in total. The molecule has 1 N–H and O–H groups in total. The van der Waals surface area contributed by atoms with E-state index in [-0.39, 0.29) is 30.2 Å². The molecular weight excluding hydrogens is 359 g/mol. The molecule has 1 aromatic carbocycles. The Balaban J connectivity index is 0.00000220. The van der Waals surface area contributed by atoms with Gasteiger partial charge in [0.2, 0.25) is 5.91 Å². The van der Waals surface area contributed by atoms with Crippen LogP contribution in [0.5, 0.6) is 0 Å². The molecule has 0 bridgehead atoms. The van der Waals surface area contributed by atoms with E-state index in [2.05, 4.69) is 21.2 Å². The van der Waals surface area contributed by atoms with E-state index in [0.29, 0.717) is 25.1 Å². The maximum Gasteiger partial charge on any atom is 0.224 e. The van der Waals surface area contributed by atoms with Gasteiger partial charge in [0.05, 0.1) is 0 Å². The summed E-state index contributed by atoms with van der Waals surface area (Å²) in [5, 5.41) is 3.32. The monoisotopic (exact) mass is 378 g/mol. The third-order valence-electron chi connectivity index (χ3n) is 3.69. The molecule has 1 fully saturated rings. The molecule has 1 saturated heterocycles. The van der Waals surface area contributed by atoms with Crippen LogP contribution in [-0.4, -0.2) is 29.9 Å². The number of hydrogen-bond acceptors (Lipinski definition) is 2. The molecule has 1 unspecified atom stereocenters. The molecule has 0 spiro atoms. The van der Waals surface area contributed by atoms with E-state index in [4.69, 9.17) is 0 Å². The highest BCUT2D eigenvalue weighted by molar-refractivity contribution is 9.10. The first-order chi connectivity index (χ1) is 9.60. The number of amides is 1. The van der Waals surface area contributed by atoms with Crippen molar-refractivity contribution in [2.45, 2.75) is 38.8 Å². The van der Waals surface area contributed by atoms with Crippen LogP contribution in [0.2, 0.25) is 0 Å². The van der Waals surface area contributed by atoms with Crippen molar-refractivity contribution >= 4 is 34.2 Å². The molecule has 1 atom stereocenters. The molecule has 118 valence electrons. The zero-order chi connectivity index (χ0) is 14.5. The van der Waals surface area contributed by atoms with Crippen LogP contribution in [0.1, 0.15) is 31.7 Å². The van der Waals surface area contributed by atoms with Gasteiger partial charge in [-0.3, -0.25) is 4.79 Å². The normalized spacial score (nSPS) is 17.4. The molecule has 1 aliphatic heterocycles. The van der Waals surface area contributed by atoms with Crippen molar-refractivity contribution in [3.8, 4) is 0 Å². The highest BCUT2D eigenvalue weighted by Gasteiger charge is 2.21. The van der Waals surface area contributed by atoms with Gasteiger partial charge in [0.1, 0.15) is 5.82 Å². The standard InChI is InChI=1S/C15H20BrFN2O.ClH/c1-2-19(15(20)9-13-4-3-7-18-13)10-11-8-12(16)5-6-14(11)17;/h5-6,8,13,18H,2-4,7,9-10H2,1H3;1H. The number of nitrogens with zero attached hydrogens (tertiary/aromatic N) is 1. The summed E-state index contributed by atoms with van der Waals surface area (Å²) < 4.78 is 14.6. The molecule has 0 radical (unpaired) electrons. The van der Waals surface area contributed by atoms with Crippen LogP contribution in [0.3, 0.4) is 0 Å². The van der Waals surface area contributed by atoms with Crippen LogP contribution in [0.15, 0.2) is 22.7 Å². The molecular formula is C15H21BrClFN2O. The highest BCUT2D eigenvalue weighted by atomic mass is 79.9. The van der Waals surface area contributed by atoms with E-state index in [0.717, 1.165) is 23.9 Å². The van der Waals surface area contributed by atoms with Crippen LogP contribution in [0, 0.1) is 5.82 Å². The predicted octanol–water partition coefficient (Wildman–Crippen LogP) is 3.50. The zero-order valence-electron chi connectivity index (χ0n) is 12.1. The molecule has 0 saturated carbocycles. The minimum atomic E-state index is -0.265. The van der Waals surface area contributed by atoms with Gasteiger partial charge in [-0.15, -0.1) is 12.4 Å². The van der Waals surface area contributed by atoms with Crippen molar-refractivity contribution in [2.75, 3.05) is 13.1 Å². The number of halogens is 3. The highest BCUT2D eigenvalue weighted by Crippen LogP contribution is 2.18. The van der Waals surface area contributed by atoms with Crippen LogP contribution in [-0.2, 0) is 11.3 Å². The van der Waals surface area contributed by atoms with Crippen LogP contribution >= 0.6 is 28.3 Å². The first kappa shape index (κ1) is 18.4. The van der Waals surface area contributed by atoms with Crippen LogP contribution in [0.4, 0.5) is 4.39 Å². The second-order valence-corrected chi connectivity index (χ2v) is 6.06. The molecule has 2 rings (SSSR count). The van der Waals surface area contributed by atoms with Crippen molar-refractivity contribution in [3.63, 3.8) is 0 Å². The van der Waals surface area contributed by atoms with Crippen LogP contribution in [0.25, 0.3) is 0 Å². The maximum absolute atomic E-state index is 13.8. The lowest BCUT2D eigenvalue weighted by Crippen LogP contribution is -2.35. The van der Waals surface area contributed by atoms with Gasteiger partial charge in [0, 0.05) is 35.6 Å². The molecule has 0 aliphatic carbocycles. The number of rotatable bonds is 5. The molecule has 1 aromatic rings. The number of hydrogen-bond donors (Lipinski definition) is 1. The summed E-state index contributed by atoms with van der Waals surface area (Å²) >= 11 is 3.34. The summed E-state index contributed by atoms with van der Waals surface area (Å²) in [6.45, 7) is 3.84. The first-order valence-electron chi connectivity index (χ1n) is 7.05. The molecule has 6 heteroatoms. The van der Waals surface area contributed by atoms with E-state index in [1.54, 1.807) is 17.0 Å². The topological polar surface area (TPSA) is 32.3 Å². The van der Waals surface area contributed by atoms with Gasteiger partial charge in [-0.25, -0.2) is 4.39 Å². The number of nitrogens with one attached hydrogen (secondary N) is 1. The summed E-state index contributed by atoms with van der Waals surface area (Å²) in [6.07, 6.45) is 2.68. The summed E-state index contributed by atoms with van der Waals surface area (Å²) in [4.78, 5) is 14.0. The smallest absolute Gasteiger partial charge is 0.224 e. The Labute approximate surface area is 139 Å². The Morgan fingerprint density at radius 2 is 2.29 bits per heavy atom. The lowest BCUT2D eigenvalue weighted by atomic mass is 10.1. The van der Waals surface area contributed by atoms with E-state index >= 15 is 0 Å². The predicted molar refractivity (Wildman–Crippen MR) is 88.1 cm³/mol. The largest absolute Gasteiger partial charge is 0.338 e. The third-order valence-corrected chi connectivity index (χ3v) is 4.18. The second kappa shape index (κ2) is 8.71. The Morgan fingerprint density at radius 3 is 2.90 bits per heavy atom. The van der Waals surface area contributed by atoms with E-state index in [1.165, 1.54) is 6.07 Å². The minimum Gasteiger partial charge on any atom is -0.338 e. The summed E-state index contributed by atoms with van der Waals surface area (Å²) in [5.74, 6) is -0.176. The average molecular weight is 380 g/mol. The van der Waals surface area contributed by atoms with Crippen molar-refractivity contribution in [1.29, 1.82) is 0 Å². The van der Waals surface area contributed by atoms with Crippen molar-refractivity contribution in [2.24, 2.45) is 0 Å².